The van der Waals surface area contributed by atoms with E-state index in [0.29, 0.717) is 0 Å². The molecule has 2 N–H and O–H groups in total. The Labute approximate surface area is 283 Å². The maximum atomic E-state index is 3.34. The van der Waals surface area contributed by atoms with Gasteiger partial charge in [0.25, 0.3) is 0 Å². The number of hydrogen-bond acceptors (Lipinski definition) is 0. The molecule has 0 unspecified atom stereocenters. The monoisotopic (exact) mass is 618 g/mol. The summed E-state index contributed by atoms with van der Waals surface area (Å²) in [5, 5.41) is 2.52. The first-order valence-corrected chi connectivity index (χ1v) is 14.5. The zero-order valence-electron chi connectivity index (χ0n) is 26.5. The van der Waals surface area contributed by atoms with Crippen LogP contribution in [-0.2, 0) is 21.7 Å². The topological polar surface area (TPSA) is 31.6 Å². The van der Waals surface area contributed by atoms with Crippen LogP contribution in [0, 0.1) is 27.2 Å². The SMILES string of the molecule is CC1=C(c2[c-][nH]c3ccccc23)CC(c2ccccc2)=C1.CC1=C(c2[c-][nH]c3ccccc23)CC(c2ccccc2)=C1.[CH3-].[CH3-].[Ti+4]. The smallest absolute Gasteiger partial charge is 0.446 e. The standard InChI is InChI=1S/2C20H16N.2CH3.Ti/c2*1-14-11-16(15-7-3-2-4-8-15)12-18(14)19-13-21-20-10-6-5-9-17(19)20;;;/h2*2-11,21H,12H2,1H3;2*1H3;/q4*-1;+4. The minimum Gasteiger partial charge on any atom is -0.446 e. The van der Waals surface area contributed by atoms with E-state index < -0.39 is 0 Å². The van der Waals surface area contributed by atoms with E-state index in [1.165, 1.54) is 66.5 Å². The van der Waals surface area contributed by atoms with Crippen molar-refractivity contribution in [3.63, 3.8) is 0 Å². The summed E-state index contributed by atoms with van der Waals surface area (Å²) in [7, 11) is 0. The van der Waals surface area contributed by atoms with Gasteiger partial charge in [-0.2, -0.15) is 0 Å². The molecule has 0 radical (unpaired) electrons. The van der Waals surface area contributed by atoms with Gasteiger partial charge in [-0.1, -0.05) is 144 Å². The van der Waals surface area contributed by atoms with E-state index in [1.807, 2.05) is 0 Å². The van der Waals surface area contributed by atoms with Crippen molar-refractivity contribution in [1.82, 2.24) is 9.97 Å². The molecule has 0 fully saturated rings. The molecule has 0 saturated heterocycles. The van der Waals surface area contributed by atoms with Crippen molar-refractivity contribution in [2.45, 2.75) is 26.7 Å². The van der Waals surface area contributed by atoms with E-state index in [-0.39, 0.29) is 36.6 Å². The molecular formula is C42H38N2Ti. The second-order valence-electron chi connectivity index (χ2n) is 11.1. The molecule has 45 heavy (non-hydrogen) atoms. The molecule has 2 nitrogen and oxygen atoms in total. The zero-order valence-corrected chi connectivity index (χ0v) is 28.0. The molecule has 2 heterocycles. The van der Waals surface area contributed by atoms with Crippen molar-refractivity contribution < 1.29 is 21.7 Å². The summed E-state index contributed by atoms with van der Waals surface area (Å²) in [4.78, 5) is 6.52. The van der Waals surface area contributed by atoms with Gasteiger partial charge in [0, 0.05) is 0 Å². The first kappa shape index (κ1) is 33.5. The van der Waals surface area contributed by atoms with Crippen LogP contribution >= 0.6 is 0 Å². The third-order valence-electron chi connectivity index (χ3n) is 8.40. The second-order valence-corrected chi connectivity index (χ2v) is 11.1. The molecular weight excluding hydrogens is 580 g/mol. The average Bonchev–Trinajstić information content (AvgIpc) is 3.83. The maximum absolute atomic E-state index is 3.34. The Balaban J connectivity index is 0.000000192. The van der Waals surface area contributed by atoms with Gasteiger partial charge in [-0.25, -0.2) is 0 Å². The van der Waals surface area contributed by atoms with Crippen molar-refractivity contribution in [2.24, 2.45) is 0 Å². The van der Waals surface area contributed by atoms with Crippen molar-refractivity contribution in [3.8, 4) is 0 Å². The second kappa shape index (κ2) is 14.6. The molecule has 0 bridgehead atoms. The quantitative estimate of drug-likeness (QED) is 0.146. The summed E-state index contributed by atoms with van der Waals surface area (Å²) in [5.41, 5.74) is 15.6. The van der Waals surface area contributed by atoms with E-state index >= 15 is 0 Å². The predicted molar refractivity (Wildman–Crippen MR) is 190 cm³/mol. The molecule has 0 atom stereocenters. The summed E-state index contributed by atoms with van der Waals surface area (Å²) in [6, 6.07) is 38.1. The third kappa shape index (κ3) is 6.69. The Hall–Kier alpha value is -4.37. The van der Waals surface area contributed by atoms with Gasteiger partial charge in [-0.05, 0) is 49.0 Å². The van der Waals surface area contributed by atoms with Crippen LogP contribution in [0.25, 0.3) is 44.1 Å². The zero-order chi connectivity index (χ0) is 28.5. The minimum atomic E-state index is 0. The molecule has 4 aromatic carbocycles. The minimum absolute atomic E-state index is 0. The van der Waals surface area contributed by atoms with Crippen molar-refractivity contribution in [2.75, 3.05) is 0 Å². The van der Waals surface area contributed by atoms with Crippen LogP contribution in [0.3, 0.4) is 0 Å². The molecule has 3 heteroatoms. The summed E-state index contributed by atoms with van der Waals surface area (Å²) in [6.07, 6.45) is 13.3. The van der Waals surface area contributed by atoms with Gasteiger partial charge >= 0.3 is 21.7 Å². The van der Waals surface area contributed by atoms with Crippen LogP contribution in [0.15, 0.2) is 132 Å². The number of hydrogen-bond donors (Lipinski definition) is 2. The van der Waals surface area contributed by atoms with Gasteiger partial charge in [-0.15, -0.1) is 45.2 Å². The molecule has 220 valence electrons. The van der Waals surface area contributed by atoms with Gasteiger partial charge in [0.15, 0.2) is 0 Å². The number of aromatic nitrogens is 2. The number of nitrogens with one attached hydrogen (secondary N) is 2. The number of H-pyrrole nitrogens is 2. The van der Waals surface area contributed by atoms with Crippen LogP contribution in [0.1, 0.15) is 48.9 Å². The Morgan fingerprint density at radius 3 is 1.24 bits per heavy atom. The van der Waals surface area contributed by atoms with Crippen LogP contribution in [0.2, 0.25) is 0 Å². The summed E-state index contributed by atoms with van der Waals surface area (Å²) >= 11 is 0. The van der Waals surface area contributed by atoms with E-state index in [9.17, 15) is 0 Å². The normalized spacial score (nSPS) is 13.8. The molecule has 0 aliphatic heterocycles. The summed E-state index contributed by atoms with van der Waals surface area (Å²) in [5.74, 6) is 0. The molecule has 8 rings (SSSR count). The number of aromatic amines is 2. The number of allylic oxidation sites excluding steroid dienone is 8. The third-order valence-corrected chi connectivity index (χ3v) is 8.40. The summed E-state index contributed by atoms with van der Waals surface area (Å²) < 4.78 is 0. The average molecular weight is 619 g/mol. The van der Waals surface area contributed by atoms with Gasteiger partial charge < -0.3 is 24.8 Å². The molecule has 2 aliphatic rings. The number of para-hydroxylation sites is 2. The van der Waals surface area contributed by atoms with Crippen molar-refractivity contribution >= 4 is 44.1 Å². The fraction of sp³-hybridized carbons (Fsp3) is 0.0952. The van der Waals surface area contributed by atoms with Crippen molar-refractivity contribution in [1.29, 1.82) is 0 Å². The fourth-order valence-electron chi connectivity index (χ4n) is 6.20. The van der Waals surface area contributed by atoms with Gasteiger partial charge in [0.1, 0.15) is 0 Å². The van der Waals surface area contributed by atoms with Crippen LogP contribution in [0.4, 0.5) is 0 Å². The van der Waals surface area contributed by atoms with Crippen LogP contribution in [0.5, 0.6) is 0 Å². The molecule has 0 amide bonds. The Morgan fingerprint density at radius 1 is 0.489 bits per heavy atom. The van der Waals surface area contributed by atoms with E-state index in [2.05, 4.69) is 158 Å². The Kier molecular flexibility index (Phi) is 10.9. The Bertz CT molecular complexity index is 1880. The maximum Gasteiger partial charge on any atom is 4.00 e. The van der Waals surface area contributed by atoms with Gasteiger partial charge in [0.2, 0.25) is 0 Å². The van der Waals surface area contributed by atoms with E-state index in [4.69, 9.17) is 0 Å². The predicted octanol–water partition coefficient (Wildman–Crippen LogP) is 11.4. The van der Waals surface area contributed by atoms with E-state index in [0.717, 1.165) is 23.9 Å². The number of fused-ring (bicyclic) bond motifs is 2. The molecule has 6 aromatic rings. The first-order valence-electron chi connectivity index (χ1n) is 14.5. The molecule has 0 spiro atoms. The molecule has 2 aromatic heterocycles. The summed E-state index contributed by atoms with van der Waals surface area (Å²) in [6.45, 7) is 4.39. The van der Waals surface area contributed by atoms with E-state index in [1.54, 1.807) is 0 Å². The molecule has 2 aliphatic carbocycles. The number of rotatable bonds is 4. The van der Waals surface area contributed by atoms with Crippen molar-refractivity contribution in [3.05, 3.63) is 182 Å². The van der Waals surface area contributed by atoms with Crippen LogP contribution < -0.4 is 0 Å². The molecule has 0 saturated carbocycles. The van der Waals surface area contributed by atoms with Gasteiger partial charge in [0.05, 0.1) is 0 Å². The largest absolute Gasteiger partial charge is 4.00 e. The van der Waals surface area contributed by atoms with Crippen LogP contribution in [-0.4, -0.2) is 9.97 Å². The first-order chi connectivity index (χ1) is 20.7. The Morgan fingerprint density at radius 2 is 0.844 bits per heavy atom. The van der Waals surface area contributed by atoms with Gasteiger partial charge in [-0.3, -0.25) is 0 Å². The number of benzene rings is 4. The fourth-order valence-corrected chi connectivity index (χ4v) is 6.20.